The van der Waals surface area contributed by atoms with Crippen LogP contribution in [0.5, 0.6) is 0 Å². The number of rotatable bonds is 2. The van der Waals surface area contributed by atoms with E-state index in [-0.39, 0.29) is 12.4 Å². The summed E-state index contributed by atoms with van der Waals surface area (Å²) in [6.45, 7) is 0. The van der Waals surface area contributed by atoms with Gasteiger partial charge in [0, 0.05) is 25.1 Å². The van der Waals surface area contributed by atoms with Gasteiger partial charge in [-0.1, -0.05) is 15.9 Å². The van der Waals surface area contributed by atoms with Crippen molar-refractivity contribution in [3.63, 3.8) is 0 Å². The average Bonchev–Trinajstić information content (AvgIpc) is 1.98. The topological polar surface area (TPSA) is 24.1 Å². The first kappa shape index (κ1) is 12.7. The maximum Gasteiger partial charge on any atom is 0.0649 e. The van der Waals surface area contributed by atoms with Gasteiger partial charge in [0.25, 0.3) is 0 Å². The van der Waals surface area contributed by atoms with Crippen molar-refractivity contribution in [2.24, 2.45) is 0 Å². The van der Waals surface area contributed by atoms with Crippen LogP contribution >= 0.6 is 60.4 Å². The molecule has 0 bridgehead atoms. The minimum absolute atomic E-state index is 0. The number of hydrazine groups is 1. The minimum atomic E-state index is 0. The fourth-order valence-electron chi connectivity index (χ4n) is 0.644. The molecule has 2 nitrogen and oxygen atoms in total. The summed E-state index contributed by atoms with van der Waals surface area (Å²) in [5, 5.41) is 0. The molecule has 1 aromatic carbocycles. The Morgan fingerprint density at radius 1 is 1.17 bits per heavy atom. The Bertz CT molecular complexity index is 257. The van der Waals surface area contributed by atoms with Crippen LogP contribution in [0.15, 0.2) is 27.1 Å². The van der Waals surface area contributed by atoms with Gasteiger partial charge in [0.2, 0.25) is 0 Å². The van der Waals surface area contributed by atoms with E-state index in [1.165, 1.54) is 0 Å². The molecule has 2 N–H and O–H groups in total. The summed E-state index contributed by atoms with van der Waals surface area (Å²) < 4.78 is 4.70. The van der Waals surface area contributed by atoms with Gasteiger partial charge in [-0.25, -0.2) is 0 Å². The lowest BCUT2D eigenvalue weighted by molar-refractivity contribution is 1.24. The number of hydrogen-bond donors (Lipinski definition) is 2. The van der Waals surface area contributed by atoms with Gasteiger partial charge in [0.05, 0.1) is 5.69 Å². The summed E-state index contributed by atoms with van der Waals surface area (Å²) in [4.78, 5) is 0. The van der Waals surface area contributed by atoms with Gasteiger partial charge in [-0.3, -0.25) is 0 Å². The Morgan fingerprint density at radius 3 is 2.42 bits per heavy atom. The molecule has 0 aromatic heterocycles. The maximum atomic E-state index is 3.39. The molecule has 0 saturated carbocycles. The molecule has 68 valence electrons. The third kappa shape index (κ3) is 3.62. The van der Waals surface area contributed by atoms with Crippen LogP contribution in [0.1, 0.15) is 0 Å². The largest absolute Gasteiger partial charge is 0.310 e. The molecule has 0 unspecified atom stereocenters. The summed E-state index contributed by atoms with van der Waals surface area (Å²) in [6, 6.07) is 5.87. The highest BCUT2D eigenvalue weighted by molar-refractivity contribution is 9.11. The normalized spacial score (nSPS) is 8.92. The first-order chi connectivity index (χ1) is 5.24. The van der Waals surface area contributed by atoms with Crippen LogP contribution in [0, 0.1) is 0 Å². The van der Waals surface area contributed by atoms with Crippen LogP contribution in [0.4, 0.5) is 5.69 Å². The van der Waals surface area contributed by atoms with Gasteiger partial charge in [-0.05, 0) is 34.1 Å². The number of nitrogens with one attached hydrogen (secondary N) is 2. The first-order valence-electron chi connectivity index (χ1n) is 2.80. The van der Waals surface area contributed by atoms with E-state index in [1.54, 1.807) is 0 Å². The third-order valence-corrected chi connectivity index (χ3v) is 2.49. The van der Waals surface area contributed by atoms with Crippen molar-refractivity contribution >= 4 is 66.1 Å². The van der Waals surface area contributed by atoms with Crippen molar-refractivity contribution in [3.05, 3.63) is 27.1 Å². The second-order valence-electron chi connectivity index (χ2n) is 1.84. The molecule has 1 aromatic rings. The van der Waals surface area contributed by atoms with E-state index in [9.17, 15) is 0 Å². The molecule has 0 amide bonds. The van der Waals surface area contributed by atoms with Crippen LogP contribution in [-0.2, 0) is 0 Å². The molecule has 0 heterocycles. The van der Waals surface area contributed by atoms with Crippen LogP contribution in [0.3, 0.4) is 0 Å². The summed E-state index contributed by atoms with van der Waals surface area (Å²) in [6.07, 6.45) is 0. The third-order valence-electron chi connectivity index (χ3n) is 1.11. The van der Waals surface area contributed by atoms with Crippen molar-refractivity contribution in [1.29, 1.82) is 0 Å². The van der Waals surface area contributed by atoms with Crippen LogP contribution in [0.2, 0.25) is 0 Å². The van der Waals surface area contributed by atoms with Crippen LogP contribution in [-0.4, -0.2) is 0 Å². The number of hydrogen-bond acceptors (Lipinski definition) is 2. The lowest BCUT2D eigenvalue weighted by Crippen LogP contribution is -2.08. The highest BCUT2D eigenvalue weighted by Gasteiger charge is 1.97. The van der Waals surface area contributed by atoms with E-state index in [1.807, 2.05) is 18.2 Å². The summed E-state index contributed by atoms with van der Waals surface area (Å²) >= 11 is 9.80. The Kier molecular flexibility index (Phi) is 6.57. The van der Waals surface area contributed by atoms with E-state index < -0.39 is 0 Å². The number of halogens is 4. The molecule has 0 atom stereocenters. The van der Waals surface area contributed by atoms with E-state index >= 15 is 0 Å². The van der Waals surface area contributed by atoms with Gasteiger partial charge in [-0.2, -0.15) is 4.45 Å². The number of anilines is 1. The lowest BCUT2D eigenvalue weighted by Gasteiger charge is -2.05. The van der Waals surface area contributed by atoms with Crippen molar-refractivity contribution in [2.75, 3.05) is 5.43 Å². The van der Waals surface area contributed by atoms with E-state index in [2.05, 4.69) is 57.9 Å². The molecule has 6 heteroatoms. The molecule has 12 heavy (non-hydrogen) atoms. The van der Waals surface area contributed by atoms with Crippen molar-refractivity contribution in [3.8, 4) is 0 Å². The zero-order valence-corrected chi connectivity index (χ0v) is 11.3. The molecule has 0 fully saturated rings. The second-order valence-corrected chi connectivity index (χ2v) is 4.01. The highest BCUT2D eigenvalue weighted by atomic mass is 79.9. The smallest absolute Gasteiger partial charge is 0.0649 e. The zero-order valence-electron chi connectivity index (χ0n) is 5.77. The predicted octanol–water partition coefficient (Wildman–Crippen LogP) is 3.86. The van der Waals surface area contributed by atoms with Gasteiger partial charge >= 0.3 is 0 Å². The molecule has 0 aliphatic carbocycles. The fraction of sp³-hybridized carbons (Fsp3) is 0. The Hall–Kier alpha value is 0.710. The van der Waals surface area contributed by atoms with Crippen molar-refractivity contribution in [1.82, 2.24) is 4.45 Å². The molecule has 0 spiro atoms. The molecule has 0 aliphatic heterocycles. The second kappa shape index (κ2) is 6.21. The molecular weight excluding hydrogens is 375 g/mol. The molecular formula is C6H6Br3ClN2. The first-order valence-corrected chi connectivity index (χ1v) is 5.18. The minimum Gasteiger partial charge on any atom is -0.310 e. The van der Waals surface area contributed by atoms with Gasteiger partial charge in [0.15, 0.2) is 0 Å². The lowest BCUT2D eigenvalue weighted by atomic mass is 10.3. The Morgan fingerprint density at radius 2 is 1.83 bits per heavy atom. The van der Waals surface area contributed by atoms with E-state index in [4.69, 9.17) is 0 Å². The van der Waals surface area contributed by atoms with E-state index in [0.717, 1.165) is 14.6 Å². The fourth-order valence-corrected chi connectivity index (χ4v) is 1.56. The molecule has 1 rings (SSSR count). The highest BCUT2D eigenvalue weighted by Crippen LogP contribution is 2.25. The Labute approximate surface area is 102 Å². The van der Waals surface area contributed by atoms with Crippen molar-refractivity contribution < 1.29 is 0 Å². The summed E-state index contributed by atoms with van der Waals surface area (Å²) in [7, 11) is 0. The quantitative estimate of drug-likeness (QED) is 0.601. The summed E-state index contributed by atoms with van der Waals surface area (Å²) in [5.41, 5.74) is 3.88. The maximum absolute atomic E-state index is 3.39. The predicted molar refractivity (Wildman–Crippen MR) is 64.8 cm³/mol. The standard InChI is InChI=1S/C6H5Br3N2.ClH/c7-4-1-2-5(8)6(3-4)10-11-9;/h1-3,10-11H;1H. The van der Waals surface area contributed by atoms with Gasteiger partial charge in [-0.15, -0.1) is 12.4 Å². The average molecular weight is 381 g/mol. The van der Waals surface area contributed by atoms with E-state index in [0.29, 0.717) is 0 Å². The molecule has 0 saturated heterocycles. The monoisotopic (exact) mass is 378 g/mol. The Balaban J connectivity index is 0.00000121. The van der Waals surface area contributed by atoms with Crippen molar-refractivity contribution in [2.45, 2.75) is 0 Å². The van der Waals surface area contributed by atoms with Gasteiger partial charge < -0.3 is 5.43 Å². The zero-order chi connectivity index (χ0) is 8.27. The van der Waals surface area contributed by atoms with Crippen LogP contribution < -0.4 is 9.88 Å². The summed E-state index contributed by atoms with van der Waals surface area (Å²) in [5.74, 6) is 0. The van der Waals surface area contributed by atoms with Crippen LogP contribution in [0.25, 0.3) is 0 Å². The molecule has 0 aliphatic rings. The van der Waals surface area contributed by atoms with Gasteiger partial charge in [0.1, 0.15) is 0 Å². The number of benzene rings is 1. The SMILES string of the molecule is BrNNc1cc(Br)ccc1Br.Cl. The molecule has 0 radical (unpaired) electrons.